The Bertz CT molecular complexity index is 668. The zero-order valence-corrected chi connectivity index (χ0v) is 13.2. The van der Waals surface area contributed by atoms with E-state index in [0.29, 0.717) is 4.99 Å². The molecule has 1 atom stereocenters. The summed E-state index contributed by atoms with van der Waals surface area (Å²) in [5.41, 5.74) is 9.02. The van der Waals surface area contributed by atoms with Crippen LogP contribution in [-0.4, -0.2) is 23.1 Å². The zero-order chi connectivity index (χ0) is 14.8. The molecule has 3 nitrogen and oxygen atoms in total. The van der Waals surface area contributed by atoms with E-state index in [1.807, 2.05) is 18.3 Å². The normalized spacial score (nSPS) is 19.5. The van der Waals surface area contributed by atoms with Crippen molar-refractivity contribution in [3.05, 3.63) is 36.0 Å². The van der Waals surface area contributed by atoms with Crippen molar-refractivity contribution in [3.8, 4) is 0 Å². The summed E-state index contributed by atoms with van der Waals surface area (Å²) in [5, 5.41) is 1.15. The maximum atomic E-state index is 5.94. The summed E-state index contributed by atoms with van der Waals surface area (Å²) in [6.45, 7) is 4.46. The van der Waals surface area contributed by atoms with Gasteiger partial charge in [0.2, 0.25) is 0 Å². The van der Waals surface area contributed by atoms with Crippen LogP contribution in [0.4, 0.5) is 5.69 Å². The molecule has 0 bridgehead atoms. The maximum Gasteiger partial charge on any atom is 0.107 e. The average molecular weight is 299 g/mol. The highest BCUT2D eigenvalue weighted by Gasteiger charge is 2.20. The lowest BCUT2D eigenvalue weighted by molar-refractivity contribution is 0.521. The first-order chi connectivity index (χ1) is 10.2. The molecule has 1 aromatic heterocycles. The number of rotatable bonds is 2. The van der Waals surface area contributed by atoms with Gasteiger partial charge in [-0.1, -0.05) is 37.3 Å². The monoisotopic (exact) mass is 299 g/mol. The van der Waals surface area contributed by atoms with E-state index < -0.39 is 0 Å². The van der Waals surface area contributed by atoms with Gasteiger partial charge >= 0.3 is 0 Å². The van der Waals surface area contributed by atoms with E-state index in [2.05, 4.69) is 28.9 Å². The van der Waals surface area contributed by atoms with Gasteiger partial charge in [-0.2, -0.15) is 0 Å². The fraction of sp³-hybridized carbons (Fsp3) is 0.412. The molecule has 1 aliphatic heterocycles. The molecule has 1 fully saturated rings. The predicted molar refractivity (Wildman–Crippen MR) is 92.9 cm³/mol. The lowest BCUT2D eigenvalue weighted by Crippen LogP contribution is -2.27. The second-order valence-electron chi connectivity index (χ2n) is 5.93. The first-order valence-corrected chi connectivity index (χ1v) is 8.00. The minimum absolute atomic E-state index is 0.431. The Morgan fingerprint density at radius 1 is 1.29 bits per heavy atom. The van der Waals surface area contributed by atoms with Gasteiger partial charge in [0, 0.05) is 24.7 Å². The number of thiocarbonyl (C=S) groups is 1. The Morgan fingerprint density at radius 3 is 2.90 bits per heavy atom. The number of hydrogen-bond donors (Lipinski definition) is 1. The molecule has 0 saturated carbocycles. The van der Waals surface area contributed by atoms with Crippen molar-refractivity contribution in [2.45, 2.75) is 26.2 Å². The van der Waals surface area contributed by atoms with Crippen LogP contribution in [0.1, 0.15) is 31.7 Å². The largest absolute Gasteiger partial charge is 0.389 e. The lowest BCUT2D eigenvalue weighted by atomic mass is 10.0. The molecular formula is C17H21N3S. The summed E-state index contributed by atoms with van der Waals surface area (Å²) in [7, 11) is 0. The van der Waals surface area contributed by atoms with Gasteiger partial charge in [-0.25, -0.2) is 0 Å². The van der Waals surface area contributed by atoms with Gasteiger partial charge in [-0.05, 0) is 31.2 Å². The molecule has 21 heavy (non-hydrogen) atoms. The summed E-state index contributed by atoms with van der Waals surface area (Å²) >= 11 is 5.25. The molecular weight excluding hydrogens is 278 g/mol. The van der Waals surface area contributed by atoms with Gasteiger partial charge in [0.15, 0.2) is 0 Å². The fourth-order valence-corrected chi connectivity index (χ4v) is 3.28. The SMILES string of the molecule is CC1CCCN(c2c(C(N)=S)cnc3ccccc23)CC1. The van der Waals surface area contributed by atoms with Crippen molar-refractivity contribution < 1.29 is 0 Å². The summed E-state index contributed by atoms with van der Waals surface area (Å²) in [6, 6.07) is 8.23. The Morgan fingerprint density at radius 2 is 2.10 bits per heavy atom. The van der Waals surface area contributed by atoms with Gasteiger partial charge < -0.3 is 10.6 Å². The van der Waals surface area contributed by atoms with Crippen molar-refractivity contribution in [1.82, 2.24) is 4.98 Å². The number of nitrogens with zero attached hydrogens (tertiary/aromatic N) is 2. The van der Waals surface area contributed by atoms with Crippen LogP contribution in [0, 0.1) is 5.92 Å². The number of fused-ring (bicyclic) bond motifs is 1. The number of anilines is 1. The summed E-state index contributed by atoms with van der Waals surface area (Å²) in [4.78, 5) is 7.38. The van der Waals surface area contributed by atoms with Gasteiger partial charge in [0.1, 0.15) is 4.99 Å². The minimum Gasteiger partial charge on any atom is -0.389 e. The van der Waals surface area contributed by atoms with Crippen LogP contribution in [0.3, 0.4) is 0 Å². The van der Waals surface area contributed by atoms with E-state index in [0.717, 1.165) is 35.5 Å². The molecule has 2 N–H and O–H groups in total. The molecule has 1 saturated heterocycles. The van der Waals surface area contributed by atoms with Crippen LogP contribution < -0.4 is 10.6 Å². The smallest absolute Gasteiger partial charge is 0.107 e. The Labute approximate surface area is 131 Å². The molecule has 1 aromatic carbocycles. The molecule has 0 radical (unpaired) electrons. The Balaban J connectivity index is 2.13. The lowest BCUT2D eigenvalue weighted by Gasteiger charge is -2.26. The molecule has 1 aliphatic rings. The number of pyridine rings is 1. The van der Waals surface area contributed by atoms with Crippen LogP contribution in [0.25, 0.3) is 10.9 Å². The molecule has 2 heterocycles. The third-order valence-electron chi connectivity index (χ3n) is 4.35. The van der Waals surface area contributed by atoms with Crippen LogP contribution in [0.2, 0.25) is 0 Å². The molecule has 0 spiro atoms. The number of para-hydroxylation sites is 1. The van der Waals surface area contributed by atoms with E-state index in [9.17, 15) is 0 Å². The molecule has 4 heteroatoms. The van der Waals surface area contributed by atoms with Gasteiger partial charge in [0.05, 0.1) is 16.8 Å². The molecule has 1 unspecified atom stereocenters. The Hall–Kier alpha value is -1.68. The predicted octanol–water partition coefficient (Wildman–Crippen LogP) is 3.50. The number of benzene rings is 1. The minimum atomic E-state index is 0.431. The van der Waals surface area contributed by atoms with E-state index in [4.69, 9.17) is 18.0 Å². The highest BCUT2D eigenvalue weighted by atomic mass is 32.1. The summed E-state index contributed by atoms with van der Waals surface area (Å²) < 4.78 is 0. The number of aromatic nitrogens is 1. The van der Waals surface area contributed by atoms with E-state index in [-0.39, 0.29) is 0 Å². The van der Waals surface area contributed by atoms with E-state index in [1.165, 1.54) is 24.9 Å². The van der Waals surface area contributed by atoms with Crippen LogP contribution in [-0.2, 0) is 0 Å². The van der Waals surface area contributed by atoms with Crippen LogP contribution in [0.15, 0.2) is 30.5 Å². The van der Waals surface area contributed by atoms with E-state index >= 15 is 0 Å². The fourth-order valence-electron chi connectivity index (χ4n) is 3.13. The number of hydrogen-bond acceptors (Lipinski definition) is 3. The average Bonchev–Trinajstić information content (AvgIpc) is 2.70. The third-order valence-corrected chi connectivity index (χ3v) is 4.57. The van der Waals surface area contributed by atoms with Crippen molar-refractivity contribution in [3.63, 3.8) is 0 Å². The third kappa shape index (κ3) is 2.86. The summed E-state index contributed by atoms with van der Waals surface area (Å²) in [6.07, 6.45) is 5.55. The van der Waals surface area contributed by atoms with Crippen molar-refractivity contribution in [2.75, 3.05) is 18.0 Å². The number of nitrogens with two attached hydrogens (primary N) is 1. The first kappa shape index (κ1) is 14.3. The molecule has 110 valence electrons. The van der Waals surface area contributed by atoms with Gasteiger partial charge in [-0.15, -0.1) is 0 Å². The van der Waals surface area contributed by atoms with Crippen LogP contribution in [0.5, 0.6) is 0 Å². The summed E-state index contributed by atoms with van der Waals surface area (Å²) in [5.74, 6) is 0.788. The second-order valence-corrected chi connectivity index (χ2v) is 6.36. The first-order valence-electron chi connectivity index (χ1n) is 7.59. The quantitative estimate of drug-likeness (QED) is 0.862. The molecule has 0 aliphatic carbocycles. The Kier molecular flexibility index (Phi) is 4.06. The van der Waals surface area contributed by atoms with Crippen molar-refractivity contribution in [1.29, 1.82) is 0 Å². The van der Waals surface area contributed by atoms with E-state index in [1.54, 1.807) is 0 Å². The van der Waals surface area contributed by atoms with Crippen LogP contribution >= 0.6 is 12.2 Å². The maximum absolute atomic E-state index is 5.94. The van der Waals surface area contributed by atoms with Gasteiger partial charge in [-0.3, -0.25) is 4.98 Å². The highest BCUT2D eigenvalue weighted by molar-refractivity contribution is 7.80. The topological polar surface area (TPSA) is 42.1 Å². The molecule has 3 rings (SSSR count). The zero-order valence-electron chi connectivity index (χ0n) is 12.4. The standard InChI is InChI=1S/C17H21N3S/c1-12-5-4-9-20(10-8-12)16-13-6-2-3-7-15(13)19-11-14(16)17(18)21/h2-3,6-7,11-12H,4-5,8-10H2,1H3,(H2,18,21). The van der Waals surface area contributed by atoms with Crippen molar-refractivity contribution in [2.24, 2.45) is 11.7 Å². The second kappa shape index (κ2) is 5.98. The van der Waals surface area contributed by atoms with Crippen molar-refractivity contribution >= 4 is 33.8 Å². The molecule has 2 aromatic rings. The highest BCUT2D eigenvalue weighted by Crippen LogP contribution is 2.32. The molecule has 0 amide bonds. The van der Waals surface area contributed by atoms with Gasteiger partial charge in [0.25, 0.3) is 0 Å².